The normalized spacial score (nSPS) is 19.1. The standard InChI is InChI=1S/C32H34N8O5/c33-38-35-21-25-7-2-1-6-24(25)20-32(31(42)40-14-18-43-19-15-40)29(28-9-4-3-8-26(28)22-36-39-34)45-30(37-32)23-10-12-27(13-11-23)44-17-5-16-41/h1-4,6-13,29,41H,5,14-22H2/t29-,32-/m0/s1. The van der Waals surface area contributed by atoms with E-state index in [1.54, 1.807) is 17.0 Å². The Hall–Kier alpha value is -5.06. The summed E-state index contributed by atoms with van der Waals surface area (Å²) in [6, 6.07) is 22.2. The van der Waals surface area contributed by atoms with E-state index in [0.29, 0.717) is 61.8 Å². The van der Waals surface area contributed by atoms with Gasteiger partial charge in [-0.05, 0) is 57.6 Å². The number of morpholine rings is 1. The average molecular weight is 611 g/mol. The summed E-state index contributed by atoms with van der Waals surface area (Å²) >= 11 is 0. The highest BCUT2D eigenvalue weighted by molar-refractivity contribution is 6.01. The van der Waals surface area contributed by atoms with Gasteiger partial charge in [-0.25, -0.2) is 4.99 Å². The van der Waals surface area contributed by atoms with Gasteiger partial charge in [0.1, 0.15) is 5.75 Å². The zero-order valence-corrected chi connectivity index (χ0v) is 24.7. The number of hydrogen-bond acceptors (Lipinski definition) is 8. The van der Waals surface area contributed by atoms with Crippen LogP contribution in [0, 0.1) is 0 Å². The molecule has 1 saturated heterocycles. The van der Waals surface area contributed by atoms with Crippen molar-refractivity contribution in [2.24, 2.45) is 15.2 Å². The van der Waals surface area contributed by atoms with Crippen LogP contribution in [-0.4, -0.2) is 66.9 Å². The fourth-order valence-corrected chi connectivity index (χ4v) is 5.61. The maximum Gasteiger partial charge on any atom is 0.255 e. The Kier molecular flexibility index (Phi) is 10.5. The molecule has 0 unspecified atom stereocenters. The number of rotatable bonds is 13. The lowest BCUT2D eigenvalue weighted by molar-refractivity contribution is -0.143. The molecule has 1 amide bonds. The van der Waals surface area contributed by atoms with Gasteiger partial charge in [0.25, 0.3) is 5.91 Å². The first-order chi connectivity index (χ1) is 22.1. The van der Waals surface area contributed by atoms with Crippen molar-refractivity contribution in [3.8, 4) is 5.75 Å². The van der Waals surface area contributed by atoms with E-state index in [9.17, 15) is 4.79 Å². The third-order valence-electron chi connectivity index (χ3n) is 7.83. The molecule has 0 aliphatic carbocycles. The van der Waals surface area contributed by atoms with Crippen molar-refractivity contribution in [3.05, 3.63) is 121 Å². The predicted octanol–water partition coefficient (Wildman–Crippen LogP) is 5.43. The summed E-state index contributed by atoms with van der Waals surface area (Å²) in [6.45, 7) is 2.21. The van der Waals surface area contributed by atoms with Gasteiger partial charge >= 0.3 is 0 Å². The Bertz CT molecular complexity index is 1610. The van der Waals surface area contributed by atoms with E-state index in [-0.39, 0.29) is 37.9 Å². The maximum atomic E-state index is 14.8. The highest BCUT2D eigenvalue weighted by atomic mass is 16.5. The predicted molar refractivity (Wildman–Crippen MR) is 166 cm³/mol. The number of benzene rings is 3. The topological polar surface area (TPSA) is 178 Å². The Balaban J connectivity index is 1.66. The highest BCUT2D eigenvalue weighted by Crippen LogP contribution is 2.45. The van der Waals surface area contributed by atoms with Gasteiger partial charge in [0, 0.05) is 47.9 Å². The lowest BCUT2D eigenvalue weighted by atomic mass is 9.79. The van der Waals surface area contributed by atoms with Crippen LogP contribution < -0.4 is 4.74 Å². The second-order valence-electron chi connectivity index (χ2n) is 10.6. The lowest BCUT2D eigenvalue weighted by Gasteiger charge is -2.38. The summed E-state index contributed by atoms with van der Waals surface area (Å²) in [5.74, 6) is 0.700. The number of aliphatic hydroxyl groups excluding tert-OH is 1. The van der Waals surface area contributed by atoms with Crippen molar-refractivity contribution in [2.45, 2.75) is 37.6 Å². The van der Waals surface area contributed by atoms with E-state index in [1.165, 1.54) is 0 Å². The molecular weight excluding hydrogens is 576 g/mol. The van der Waals surface area contributed by atoms with Crippen LogP contribution >= 0.6 is 0 Å². The van der Waals surface area contributed by atoms with E-state index >= 15 is 0 Å². The molecule has 2 heterocycles. The third-order valence-corrected chi connectivity index (χ3v) is 7.83. The summed E-state index contributed by atoms with van der Waals surface area (Å²) in [7, 11) is 0. The number of nitrogens with zero attached hydrogens (tertiary/aromatic N) is 8. The van der Waals surface area contributed by atoms with E-state index in [0.717, 1.165) is 11.1 Å². The van der Waals surface area contributed by atoms with E-state index < -0.39 is 11.6 Å². The van der Waals surface area contributed by atoms with Gasteiger partial charge < -0.3 is 24.2 Å². The van der Waals surface area contributed by atoms with Crippen molar-refractivity contribution in [1.82, 2.24) is 4.90 Å². The molecular formula is C32H34N8O5. The van der Waals surface area contributed by atoms with Crippen molar-refractivity contribution in [3.63, 3.8) is 0 Å². The zero-order valence-electron chi connectivity index (χ0n) is 24.7. The third kappa shape index (κ3) is 7.19. The van der Waals surface area contributed by atoms with Crippen LogP contribution in [-0.2, 0) is 33.8 Å². The monoisotopic (exact) mass is 610 g/mol. The molecule has 2 aliphatic heterocycles. The molecule has 0 spiro atoms. The molecule has 3 aromatic rings. The molecule has 13 heteroatoms. The Labute approximate surface area is 260 Å². The van der Waals surface area contributed by atoms with Gasteiger partial charge in [0.2, 0.25) is 5.90 Å². The summed E-state index contributed by atoms with van der Waals surface area (Å²) in [5.41, 5.74) is 20.3. The molecule has 0 bridgehead atoms. The number of ether oxygens (including phenoxy) is 3. The van der Waals surface area contributed by atoms with Gasteiger partial charge in [-0.3, -0.25) is 4.79 Å². The average Bonchev–Trinajstić information content (AvgIpc) is 3.47. The number of carbonyl (C=O) groups excluding carboxylic acids is 1. The van der Waals surface area contributed by atoms with E-state index in [1.807, 2.05) is 60.7 Å². The second-order valence-corrected chi connectivity index (χ2v) is 10.6. The van der Waals surface area contributed by atoms with Gasteiger partial charge in [0.05, 0.1) is 32.9 Å². The minimum Gasteiger partial charge on any atom is -0.494 e. The highest BCUT2D eigenvalue weighted by Gasteiger charge is 2.55. The van der Waals surface area contributed by atoms with Crippen LogP contribution in [0.1, 0.15) is 40.3 Å². The number of amides is 1. The molecule has 45 heavy (non-hydrogen) atoms. The van der Waals surface area contributed by atoms with Gasteiger partial charge in [-0.1, -0.05) is 58.8 Å². The molecule has 232 valence electrons. The maximum absolute atomic E-state index is 14.8. The molecule has 1 fully saturated rings. The van der Waals surface area contributed by atoms with Crippen LogP contribution in [0.25, 0.3) is 20.9 Å². The minimum atomic E-state index is -1.46. The smallest absolute Gasteiger partial charge is 0.255 e. The fraction of sp³-hybridized carbons (Fsp3) is 0.375. The van der Waals surface area contributed by atoms with Crippen molar-refractivity contribution < 1.29 is 24.1 Å². The number of aliphatic hydroxyl groups is 1. The molecule has 0 aromatic heterocycles. The number of azide groups is 2. The molecule has 2 atom stereocenters. The molecule has 3 aromatic carbocycles. The second kappa shape index (κ2) is 15.1. The van der Waals surface area contributed by atoms with E-state index in [2.05, 4.69) is 20.1 Å². The fourth-order valence-electron chi connectivity index (χ4n) is 5.61. The molecule has 0 radical (unpaired) electrons. The van der Waals surface area contributed by atoms with Crippen LogP contribution in [0.3, 0.4) is 0 Å². The molecule has 13 nitrogen and oxygen atoms in total. The first-order valence-corrected chi connectivity index (χ1v) is 14.7. The van der Waals surface area contributed by atoms with Gasteiger partial charge in [0.15, 0.2) is 11.6 Å². The van der Waals surface area contributed by atoms with Crippen LogP contribution in [0.4, 0.5) is 0 Å². The van der Waals surface area contributed by atoms with E-state index in [4.69, 9.17) is 35.4 Å². The Morgan fingerprint density at radius 2 is 1.60 bits per heavy atom. The van der Waals surface area contributed by atoms with Crippen molar-refractivity contribution in [2.75, 3.05) is 39.5 Å². The summed E-state index contributed by atoms with van der Waals surface area (Å²) in [6.07, 6.45) is -0.199. The number of carbonyl (C=O) groups is 1. The largest absolute Gasteiger partial charge is 0.494 e. The quantitative estimate of drug-likeness (QED) is 0.117. The van der Waals surface area contributed by atoms with Crippen LogP contribution in [0.5, 0.6) is 5.75 Å². The van der Waals surface area contributed by atoms with Gasteiger partial charge in [-0.2, -0.15) is 0 Å². The van der Waals surface area contributed by atoms with Crippen molar-refractivity contribution in [1.29, 1.82) is 0 Å². The van der Waals surface area contributed by atoms with Crippen LogP contribution in [0.15, 0.2) is 88.0 Å². The number of hydrogen-bond donors (Lipinski definition) is 1. The molecule has 5 rings (SSSR count). The van der Waals surface area contributed by atoms with Gasteiger partial charge in [-0.15, -0.1) is 0 Å². The summed E-state index contributed by atoms with van der Waals surface area (Å²) in [5, 5.41) is 16.7. The Morgan fingerprint density at radius 1 is 0.956 bits per heavy atom. The number of aliphatic imine (C=N–C) groups is 1. The van der Waals surface area contributed by atoms with Crippen molar-refractivity contribution >= 4 is 11.8 Å². The summed E-state index contributed by atoms with van der Waals surface area (Å²) < 4.78 is 18.0. The molecule has 1 N–H and O–H groups in total. The zero-order chi connectivity index (χ0) is 31.5. The first-order valence-electron chi connectivity index (χ1n) is 14.7. The summed E-state index contributed by atoms with van der Waals surface area (Å²) in [4.78, 5) is 27.6. The first kappa shape index (κ1) is 31.4. The minimum absolute atomic E-state index is 0.0382. The van der Waals surface area contributed by atoms with Crippen LogP contribution in [0.2, 0.25) is 0 Å². The Morgan fingerprint density at radius 3 is 2.29 bits per heavy atom. The molecule has 0 saturated carbocycles. The molecule has 2 aliphatic rings. The lowest BCUT2D eigenvalue weighted by Crippen LogP contribution is -2.54. The SMILES string of the molecule is [N-]=[N+]=NCc1ccccc1C[C@]1(C(=O)N2CCOCC2)N=C(c2ccc(OCCCO)cc2)O[C@H]1c1ccccc1CN=[N+]=[N-].